The first kappa shape index (κ1) is 14.6. The van der Waals surface area contributed by atoms with E-state index in [2.05, 4.69) is 0 Å². The molecular formula is C14H15O5P. The molecule has 0 spiro atoms. The van der Waals surface area contributed by atoms with E-state index in [1.165, 1.54) is 18.2 Å². The summed E-state index contributed by atoms with van der Waals surface area (Å²) in [6.45, 7) is 0. The molecule has 0 saturated carbocycles. The molecule has 0 aromatic heterocycles. The van der Waals surface area contributed by atoms with E-state index < -0.39 is 7.60 Å². The maximum atomic E-state index is 11.4. The molecule has 0 saturated heterocycles. The van der Waals surface area contributed by atoms with Crippen molar-refractivity contribution in [2.24, 2.45) is 0 Å². The van der Waals surface area contributed by atoms with E-state index in [4.69, 9.17) is 0 Å². The Morgan fingerprint density at radius 2 is 1.45 bits per heavy atom. The summed E-state index contributed by atoms with van der Waals surface area (Å²) in [5, 5.41) is 18.6. The Hall–Kier alpha value is -1.81. The van der Waals surface area contributed by atoms with Crippen LogP contribution < -0.4 is 5.30 Å². The van der Waals surface area contributed by atoms with E-state index >= 15 is 0 Å². The summed E-state index contributed by atoms with van der Waals surface area (Å²) < 4.78 is 11.4. The molecule has 5 nitrogen and oxygen atoms in total. The first-order chi connectivity index (χ1) is 9.36. The molecule has 0 bridgehead atoms. The van der Waals surface area contributed by atoms with Crippen molar-refractivity contribution in [1.29, 1.82) is 0 Å². The molecule has 0 unspecified atom stereocenters. The minimum absolute atomic E-state index is 0.0251. The molecule has 20 heavy (non-hydrogen) atoms. The van der Waals surface area contributed by atoms with Gasteiger partial charge in [-0.1, -0.05) is 12.1 Å². The zero-order valence-electron chi connectivity index (χ0n) is 10.6. The van der Waals surface area contributed by atoms with Crippen molar-refractivity contribution in [3.63, 3.8) is 0 Å². The fourth-order valence-electron chi connectivity index (χ4n) is 2.00. The van der Waals surface area contributed by atoms with Gasteiger partial charge >= 0.3 is 7.60 Å². The quantitative estimate of drug-likeness (QED) is 0.643. The second-order valence-corrected chi connectivity index (χ2v) is 6.09. The molecule has 0 heterocycles. The van der Waals surface area contributed by atoms with Gasteiger partial charge in [0.05, 0.1) is 5.30 Å². The summed E-state index contributed by atoms with van der Waals surface area (Å²) in [5.41, 5.74) is 1.36. The Morgan fingerprint density at radius 1 is 0.850 bits per heavy atom. The number of aryl methyl sites for hydroxylation is 2. The Kier molecular flexibility index (Phi) is 4.14. The SMILES string of the molecule is O=P(O)(O)c1ccc(O)cc1CCc1ccc(O)cc1. The van der Waals surface area contributed by atoms with Crippen LogP contribution >= 0.6 is 7.60 Å². The highest BCUT2D eigenvalue weighted by Crippen LogP contribution is 2.35. The van der Waals surface area contributed by atoms with Gasteiger partial charge in [0.2, 0.25) is 0 Å². The van der Waals surface area contributed by atoms with Crippen LogP contribution in [0.1, 0.15) is 11.1 Å². The van der Waals surface area contributed by atoms with Crippen LogP contribution in [0.15, 0.2) is 42.5 Å². The molecule has 2 aromatic rings. The van der Waals surface area contributed by atoms with Crippen LogP contribution in [-0.4, -0.2) is 20.0 Å². The monoisotopic (exact) mass is 294 g/mol. The van der Waals surface area contributed by atoms with Gasteiger partial charge in [0.25, 0.3) is 0 Å². The lowest BCUT2D eigenvalue weighted by Gasteiger charge is -2.11. The highest BCUT2D eigenvalue weighted by atomic mass is 31.2. The average Bonchev–Trinajstić information content (AvgIpc) is 2.36. The second-order valence-electron chi connectivity index (χ2n) is 4.52. The number of hydrogen-bond acceptors (Lipinski definition) is 3. The van der Waals surface area contributed by atoms with Crippen LogP contribution in [0.25, 0.3) is 0 Å². The smallest absolute Gasteiger partial charge is 0.356 e. The standard InChI is InChI=1S/C14H15O5P/c15-12-5-2-10(3-6-12)1-4-11-9-13(16)7-8-14(11)20(17,18)19/h2-3,5-9,15-16H,1,4H2,(H2,17,18,19). The number of rotatable bonds is 4. The lowest BCUT2D eigenvalue weighted by atomic mass is 10.0. The maximum Gasteiger partial charge on any atom is 0.356 e. The van der Waals surface area contributed by atoms with Crippen molar-refractivity contribution in [3.05, 3.63) is 53.6 Å². The molecule has 4 N–H and O–H groups in total. The topological polar surface area (TPSA) is 98.0 Å². The van der Waals surface area contributed by atoms with Crippen LogP contribution in [0.3, 0.4) is 0 Å². The summed E-state index contributed by atoms with van der Waals surface area (Å²) in [5.74, 6) is 0.143. The Bertz CT molecular complexity index is 645. The van der Waals surface area contributed by atoms with Gasteiger partial charge in [-0.05, 0) is 54.3 Å². The lowest BCUT2D eigenvalue weighted by molar-refractivity contribution is 0.387. The molecule has 2 aromatic carbocycles. The van der Waals surface area contributed by atoms with Gasteiger partial charge in [0.1, 0.15) is 11.5 Å². The summed E-state index contributed by atoms with van der Waals surface area (Å²) >= 11 is 0. The van der Waals surface area contributed by atoms with Crippen LogP contribution in [0.4, 0.5) is 0 Å². The van der Waals surface area contributed by atoms with Crippen molar-refractivity contribution in [2.45, 2.75) is 12.8 Å². The number of hydrogen-bond donors (Lipinski definition) is 4. The van der Waals surface area contributed by atoms with Crippen molar-refractivity contribution < 1.29 is 24.6 Å². The first-order valence-corrected chi connectivity index (χ1v) is 7.63. The molecule has 0 aliphatic carbocycles. The molecule has 6 heteroatoms. The summed E-state index contributed by atoms with van der Waals surface area (Å²) in [6, 6.07) is 10.5. The zero-order valence-corrected chi connectivity index (χ0v) is 11.5. The van der Waals surface area contributed by atoms with Gasteiger partial charge < -0.3 is 20.0 Å². The van der Waals surface area contributed by atoms with Gasteiger partial charge in [-0.2, -0.15) is 0 Å². The Balaban J connectivity index is 2.22. The average molecular weight is 294 g/mol. The summed E-state index contributed by atoms with van der Waals surface area (Å²) in [4.78, 5) is 18.6. The molecule has 0 atom stereocenters. The number of benzene rings is 2. The Morgan fingerprint density at radius 3 is 2.05 bits per heavy atom. The van der Waals surface area contributed by atoms with Crippen molar-refractivity contribution in [1.82, 2.24) is 0 Å². The van der Waals surface area contributed by atoms with E-state index in [1.54, 1.807) is 24.3 Å². The van der Waals surface area contributed by atoms with Gasteiger partial charge in [-0.15, -0.1) is 0 Å². The third-order valence-corrected chi connectivity index (χ3v) is 4.06. The second kappa shape index (κ2) is 5.67. The predicted molar refractivity (Wildman–Crippen MR) is 75.3 cm³/mol. The van der Waals surface area contributed by atoms with Gasteiger partial charge in [0.15, 0.2) is 0 Å². The highest BCUT2D eigenvalue weighted by Gasteiger charge is 2.21. The predicted octanol–water partition coefficient (Wildman–Crippen LogP) is 1.69. The van der Waals surface area contributed by atoms with Crippen molar-refractivity contribution in [2.75, 3.05) is 0 Å². The molecule has 0 aliphatic heterocycles. The van der Waals surface area contributed by atoms with E-state index in [9.17, 15) is 24.6 Å². The fourth-order valence-corrected chi connectivity index (χ4v) is 2.82. The largest absolute Gasteiger partial charge is 0.508 e. The van der Waals surface area contributed by atoms with E-state index in [1.807, 2.05) is 0 Å². The molecule has 106 valence electrons. The third kappa shape index (κ3) is 3.61. The Labute approximate surface area is 116 Å². The minimum atomic E-state index is -4.36. The van der Waals surface area contributed by atoms with Crippen LogP contribution in [0, 0.1) is 0 Å². The van der Waals surface area contributed by atoms with Crippen LogP contribution in [0.5, 0.6) is 11.5 Å². The molecule has 2 rings (SSSR count). The van der Waals surface area contributed by atoms with E-state index in [0.29, 0.717) is 18.4 Å². The van der Waals surface area contributed by atoms with E-state index in [-0.39, 0.29) is 16.8 Å². The van der Waals surface area contributed by atoms with Gasteiger partial charge in [0, 0.05) is 0 Å². The van der Waals surface area contributed by atoms with E-state index in [0.717, 1.165) is 5.56 Å². The molecule has 0 aliphatic rings. The fraction of sp³-hybridized carbons (Fsp3) is 0.143. The van der Waals surface area contributed by atoms with Crippen molar-refractivity contribution in [3.8, 4) is 11.5 Å². The lowest BCUT2D eigenvalue weighted by Crippen LogP contribution is -2.11. The minimum Gasteiger partial charge on any atom is -0.508 e. The first-order valence-electron chi connectivity index (χ1n) is 6.02. The van der Waals surface area contributed by atoms with Gasteiger partial charge in [-0.25, -0.2) is 0 Å². The van der Waals surface area contributed by atoms with Crippen molar-refractivity contribution >= 4 is 12.9 Å². The molecule has 0 radical (unpaired) electrons. The highest BCUT2D eigenvalue weighted by molar-refractivity contribution is 7.60. The summed E-state index contributed by atoms with van der Waals surface area (Å²) in [7, 11) is -4.36. The molecular weight excluding hydrogens is 279 g/mol. The normalized spacial score (nSPS) is 11.5. The van der Waals surface area contributed by atoms with Gasteiger partial charge in [-0.3, -0.25) is 4.57 Å². The number of phenols is 2. The number of aromatic hydroxyl groups is 2. The summed E-state index contributed by atoms with van der Waals surface area (Å²) in [6.07, 6.45) is 0.941. The number of phenolic OH excluding ortho intramolecular Hbond substituents is 2. The molecule has 0 fully saturated rings. The maximum absolute atomic E-state index is 11.4. The van der Waals surface area contributed by atoms with Crippen LogP contribution in [0.2, 0.25) is 0 Å². The zero-order chi connectivity index (χ0) is 14.8. The van der Waals surface area contributed by atoms with Crippen LogP contribution in [-0.2, 0) is 17.4 Å². The third-order valence-electron chi connectivity index (χ3n) is 3.00. The molecule has 0 amide bonds.